The van der Waals surface area contributed by atoms with Gasteiger partial charge in [0.2, 0.25) is 0 Å². The van der Waals surface area contributed by atoms with Crippen LogP contribution in [0.2, 0.25) is 5.02 Å². The number of carbonyl (C=O) groups is 1. The van der Waals surface area contributed by atoms with Crippen molar-refractivity contribution >= 4 is 39.4 Å². The molecular formula is C18H20ClN3O3S2. The maximum Gasteiger partial charge on any atom is 0.328 e. The van der Waals surface area contributed by atoms with E-state index >= 15 is 0 Å². The summed E-state index contributed by atoms with van der Waals surface area (Å²) in [6.45, 7) is 0. The van der Waals surface area contributed by atoms with E-state index < -0.39 is 16.1 Å². The van der Waals surface area contributed by atoms with Crippen LogP contribution < -0.4 is 10.0 Å². The highest BCUT2D eigenvalue weighted by molar-refractivity contribution is 8.00. The van der Waals surface area contributed by atoms with Gasteiger partial charge < -0.3 is 5.32 Å². The largest absolute Gasteiger partial charge is 0.335 e. The predicted octanol–water partition coefficient (Wildman–Crippen LogP) is 4.21. The van der Waals surface area contributed by atoms with Crippen LogP contribution >= 0.6 is 23.4 Å². The quantitative estimate of drug-likeness (QED) is 0.749. The lowest BCUT2D eigenvalue weighted by Crippen LogP contribution is -2.45. The van der Waals surface area contributed by atoms with Crippen molar-refractivity contribution in [3.8, 4) is 0 Å². The highest BCUT2D eigenvalue weighted by Gasteiger charge is 2.24. The molecule has 0 radical (unpaired) electrons. The molecule has 1 aromatic heterocycles. The lowest BCUT2D eigenvalue weighted by molar-refractivity contribution is 0.237. The molecule has 2 aromatic rings. The number of amides is 2. The van der Waals surface area contributed by atoms with Crippen LogP contribution in [0, 0.1) is 0 Å². The molecule has 27 heavy (non-hydrogen) atoms. The van der Waals surface area contributed by atoms with Crippen LogP contribution in [-0.4, -0.2) is 25.5 Å². The Hall–Kier alpha value is -1.77. The van der Waals surface area contributed by atoms with Crippen LogP contribution in [0.3, 0.4) is 0 Å². The molecule has 0 aliphatic heterocycles. The van der Waals surface area contributed by atoms with Crippen LogP contribution in [0.1, 0.15) is 32.1 Å². The molecule has 0 spiro atoms. The number of hydrogen-bond donors (Lipinski definition) is 2. The van der Waals surface area contributed by atoms with E-state index in [0.29, 0.717) is 9.92 Å². The maximum absolute atomic E-state index is 12.7. The smallest absolute Gasteiger partial charge is 0.328 e. The van der Waals surface area contributed by atoms with Crippen molar-refractivity contribution in [2.24, 2.45) is 0 Å². The number of sulfonamides is 1. The lowest BCUT2D eigenvalue weighted by atomic mass is 9.96. The van der Waals surface area contributed by atoms with Crippen molar-refractivity contribution in [3.63, 3.8) is 0 Å². The molecule has 0 atom stereocenters. The molecule has 1 saturated carbocycles. The van der Waals surface area contributed by atoms with E-state index in [-0.39, 0.29) is 10.9 Å². The SMILES string of the molecule is O=C(NC1CCCCC1)NS(=O)(=O)c1cnccc1Sc1cccc(Cl)c1. The molecule has 1 heterocycles. The molecule has 1 aromatic carbocycles. The van der Waals surface area contributed by atoms with Gasteiger partial charge in [-0.3, -0.25) is 4.98 Å². The zero-order valence-electron chi connectivity index (χ0n) is 14.5. The Kier molecular flexibility index (Phi) is 6.62. The van der Waals surface area contributed by atoms with Crippen molar-refractivity contribution in [2.45, 2.75) is 52.8 Å². The van der Waals surface area contributed by atoms with E-state index in [2.05, 4.69) is 15.0 Å². The summed E-state index contributed by atoms with van der Waals surface area (Å²) in [4.78, 5) is 17.3. The van der Waals surface area contributed by atoms with Crippen molar-refractivity contribution < 1.29 is 13.2 Å². The number of carbonyl (C=O) groups excluding carboxylic acids is 1. The van der Waals surface area contributed by atoms with E-state index in [0.717, 1.165) is 37.0 Å². The minimum atomic E-state index is -4.05. The van der Waals surface area contributed by atoms with Crippen LogP contribution in [0.5, 0.6) is 0 Å². The van der Waals surface area contributed by atoms with Crippen LogP contribution in [0.15, 0.2) is 57.4 Å². The first kappa shape index (κ1) is 20.0. The van der Waals surface area contributed by atoms with Gasteiger partial charge in [-0.1, -0.05) is 48.7 Å². The number of aromatic nitrogens is 1. The Morgan fingerprint density at radius 1 is 1.19 bits per heavy atom. The Balaban J connectivity index is 1.75. The fraction of sp³-hybridized carbons (Fsp3) is 0.333. The molecule has 2 amide bonds. The third-order valence-electron chi connectivity index (χ3n) is 4.23. The third kappa shape index (κ3) is 5.60. The van der Waals surface area contributed by atoms with Crippen molar-refractivity contribution in [1.29, 1.82) is 0 Å². The van der Waals surface area contributed by atoms with E-state index in [1.54, 1.807) is 24.3 Å². The van der Waals surface area contributed by atoms with E-state index in [4.69, 9.17) is 11.6 Å². The predicted molar refractivity (Wildman–Crippen MR) is 106 cm³/mol. The van der Waals surface area contributed by atoms with Gasteiger partial charge in [-0.25, -0.2) is 17.9 Å². The fourth-order valence-corrected chi connectivity index (χ4v) is 5.47. The highest BCUT2D eigenvalue weighted by atomic mass is 35.5. The van der Waals surface area contributed by atoms with E-state index in [1.807, 2.05) is 6.07 Å². The number of pyridine rings is 1. The van der Waals surface area contributed by atoms with Gasteiger partial charge in [0.15, 0.2) is 0 Å². The zero-order valence-corrected chi connectivity index (χ0v) is 16.9. The molecule has 1 fully saturated rings. The number of rotatable bonds is 5. The van der Waals surface area contributed by atoms with Crippen LogP contribution in [-0.2, 0) is 10.0 Å². The molecule has 9 heteroatoms. The Labute approximate surface area is 168 Å². The van der Waals surface area contributed by atoms with Crippen LogP contribution in [0.4, 0.5) is 4.79 Å². The molecule has 3 rings (SSSR count). The molecule has 2 N–H and O–H groups in total. The average molecular weight is 426 g/mol. The Morgan fingerprint density at radius 2 is 1.96 bits per heavy atom. The minimum Gasteiger partial charge on any atom is -0.335 e. The van der Waals surface area contributed by atoms with Gasteiger partial charge in [0, 0.05) is 33.2 Å². The summed E-state index contributed by atoms with van der Waals surface area (Å²) in [6, 6.07) is 8.01. The number of benzene rings is 1. The molecule has 6 nitrogen and oxygen atoms in total. The first-order valence-corrected chi connectivity index (χ1v) is 11.3. The van der Waals surface area contributed by atoms with Gasteiger partial charge in [-0.2, -0.15) is 0 Å². The van der Waals surface area contributed by atoms with Crippen molar-refractivity contribution in [3.05, 3.63) is 47.7 Å². The maximum atomic E-state index is 12.7. The zero-order chi connectivity index (χ0) is 19.3. The second-order valence-corrected chi connectivity index (χ2v) is 9.50. The summed E-state index contributed by atoms with van der Waals surface area (Å²) in [5.41, 5.74) is 0. The summed E-state index contributed by atoms with van der Waals surface area (Å²) in [7, 11) is -4.05. The summed E-state index contributed by atoms with van der Waals surface area (Å²) in [5, 5.41) is 3.31. The van der Waals surface area contributed by atoms with Gasteiger partial charge in [0.1, 0.15) is 4.90 Å². The number of halogens is 1. The molecule has 144 valence electrons. The topological polar surface area (TPSA) is 88.2 Å². The van der Waals surface area contributed by atoms with E-state index in [1.165, 1.54) is 24.2 Å². The second-order valence-electron chi connectivity index (χ2n) is 6.30. The normalized spacial score (nSPS) is 15.3. The molecule has 1 aliphatic carbocycles. The van der Waals surface area contributed by atoms with Gasteiger partial charge >= 0.3 is 6.03 Å². The molecule has 0 unspecified atom stereocenters. The first-order chi connectivity index (χ1) is 12.9. The lowest BCUT2D eigenvalue weighted by Gasteiger charge is -2.22. The fourth-order valence-electron chi connectivity index (χ4n) is 2.95. The number of hydrogen-bond acceptors (Lipinski definition) is 5. The van der Waals surface area contributed by atoms with Gasteiger partial charge in [0.25, 0.3) is 10.0 Å². The molecule has 0 bridgehead atoms. The first-order valence-electron chi connectivity index (χ1n) is 8.65. The molecule has 1 aliphatic rings. The average Bonchev–Trinajstić information content (AvgIpc) is 2.62. The van der Waals surface area contributed by atoms with E-state index in [9.17, 15) is 13.2 Å². The van der Waals surface area contributed by atoms with Gasteiger partial charge in [-0.05, 0) is 37.1 Å². The molecule has 0 saturated heterocycles. The summed E-state index contributed by atoms with van der Waals surface area (Å²) in [6.07, 6.45) is 7.73. The van der Waals surface area contributed by atoms with Gasteiger partial charge in [0.05, 0.1) is 0 Å². The summed E-state index contributed by atoms with van der Waals surface area (Å²) < 4.78 is 27.5. The minimum absolute atomic E-state index is 0.0168. The standard InChI is InChI=1S/C18H20ClN3O3S2/c19-13-5-4-8-15(11-13)26-16-9-10-20-12-17(16)27(24,25)22-18(23)21-14-6-2-1-3-7-14/h4-5,8-12,14H,1-3,6-7H2,(H2,21,22,23). The van der Waals surface area contributed by atoms with Crippen LogP contribution in [0.25, 0.3) is 0 Å². The molecular weight excluding hydrogens is 406 g/mol. The summed E-state index contributed by atoms with van der Waals surface area (Å²) >= 11 is 7.24. The number of urea groups is 1. The van der Waals surface area contributed by atoms with Crippen molar-refractivity contribution in [2.75, 3.05) is 0 Å². The van der Waals surface area contributed by atoms with Gasteiger partial charge in [-0.15, -0.1) is 0 Å². The number of nitrogens with zero attached hydrogens (tertiary/aromatic N) is 1. The highest BCUT2D eigenvalue weighted by Crippen LogP contribution is 2.33. The Morgan fingerprint density at radius 3 is 2.70 bits per heavy atom. The summed E-state index contributed by atoms with van der Waals surface area (Å²) in [5.74, 6) is 0. The Bertz CT molecular complexity index is 916. The third-order valence-corrected chi connectivity index (χ3v) is 7.02. The number of nitrogens with one attached hydrogen (secondary N) is 2. The monoisotopic (exact) mass is 425 g/mol. The van der Waals surface area contributed by atoms with Crippen molar-refractivity contribution in [1.82, 2.24) is 15.0 Å². The second kappa shape index (κ2) is 8.95.